The minimum Gasteiger partial charge on any atom is -0.507 e. The molecule has 4 aromatic heterocycles. The Morgan fingerprint density at radius 3 is 2.38 bits per heavy atom. The Bertz CT molecular complexity index is 2500. The Morgan fingerprint density at radius 1 is 0.845 bits per heavy atom. The van der Waals surface area contributed by atoms with Gasteiger partial charge >= 0.3 is 0 Å². The van der Waals surface area contributed by atoms with Crippen LogP contribution in [-0.2, 0) is 16.0 Å². The summed E-state index contributed by atoms with van der Waals surface area (Å²) < 4.78 is 2.04. The first kappa shape index (κ1) is 36.4. The van der Waals surface area contributed by atoms with Gasteiger partial charge in [0.25, 0.3) is 0 Å². The van der Waals surface area contributed by atoms with Gasteiger partial charge in [0.2, 0.25) is 17.8 Å². The number of amides is 2. The summed E-state index contributed by atoms with van der Waals surface area (Å²) in [5, 5.41) is 23.8. The SMILES string of the molecule is Nc1nnc(-c2ccccc2O)cc1C1CC2CCC(C1)N2c1ncc(C2CCN(CCCc3ccnc4c3c3ccccc3n4C3CCC(=O)NC3=O)CC2)cn1. The molecular formula is C45H48N10O3. The van der Waals surface area contributed by atoms with E-state index in [0.717, 1.165) is 104 Å². The first-order valence-corrected chi connectivity index (χ1v) is 20.8. The second-order valence-corrected chi connectivity index (χ2v) is 16.6. The molecule has 3 atom stereocenters. The van der Waals surface area contributed by atoms with E-state index in [1.165, 1.54) is 11.1 Å². The lowest BCUT2D eigenvalue weighted by Crippen LogP contribution is -2.43. The molecule has 0 spiro atoms. The van der Waals surface area contributed by atoms with Crippen molar-refractivity contribution in [1.82, 2.24) is 39.9 Å². The number of piperidine rings is 3. The summed E-state index contributed by atoms with van der Waals surface area (Å²) in [7, 11) is 0. The van der Waals surface area contributed by atoms with E-state index in [0.29, 0.717) is 47.9 Å². The zero-order chi connectivity index (χ0) is 39.3. The van der Waals surface area contributed by atoms with Crippen molar-refractivity contribution in [3.8, 4) is 17.0 Å². The Hall–Kier alpha value is -5.95. The van der Waals surface area contributed by atoms with Gasteiger partial charge in [-0.3, -0.25) is 14.9 Å². The molecule has 0 radical (unpaired) electrons. The number of imide groups is 1. The van der Waals surface area contributed by atoms with E-state index in [2.05, 4.69) is 55.9 Å². The monoisotopic (exact) mass is 776 g/mol. The molecule has 13 nitrogen and oxygen atoms in total. The molecule has 2 aromatic carbocycles. The van der Waals surface area contributed by atoms with Crippen molar-refractivity contribution in [3.05, 3.63) is 95.9 Å². The lowest BCUT2D eigenvalue weighted by atomic mass is 9.85. The van der Waals surface area contributed by atoms with Crippen LogP contribution in [0.5, 0.6) is 5.75 Å². The molecule has 58 heavy (non-hydrogen) atoms. The number of aromatic nitrogens is 6. The highest BCUT2D eigenvalue weighted by Crippen LogP contribution is 2.46. The number of aromatic hydroxyl groups is 1. The molecule has 296 valence electrons. The van der Waals surface area contributed by atoms with Crippen LogP contribution in [0, 0.1) is 0 Å². The molecule has 4 aliphatic heterocycles. The molecule has 0 aliphatic carbocycles. The van der Waals surface area contributed by atoms with E-state index < -0.39 is 6.04 Å². The molecule has 8 heterocycles. The number of nitrogens with zero attached hydrogens (tertiary/aromatic N) is 8. The number of nitrogens with two attached hydrogens (primary N) is 1. The van der Waals surface area contributed by atoms with Crippen LogP contribution >= 0.6 is 0 Å². The number of phenols is 1. The number of hydrogen-bond acceptors (Lipinski definition) is 11. The van der Waals surface area contributed by atoms with Crippen LogP contribution in [0.25, 0.3) is 33.2 Å². The minimum absolute atomic E-state index is 0.184. The number of aryl methyl sites for hydroxylation is 1. The number of nitrogens with one attached hydrogen (secondary N) is 1. The molecule has 10 rings (SSSR count). The fourth-order valence-corrected chi connectivity index (χ4v) is 10.4. The minimum atomic E-state index is -0.456. The number of carbonyl (C=O) groups is 2. The largest absolute Gasteiger partial charge is 0.507 e. The van der Waals surface area contributed by atoms with Gasteiger partial charge < -0.3 is 25.2 Å². The number of carbonyl (C=O) groups excluding carboxylic acids is 2. The van der Waals surface area contributed by atoms with Crippen molar-refractivity contribution in [3.63, 3.8) is 0 Å². The van der Waals surface area contributed by atoms with Crippen molar-refractivity contribution in [2.24, 2.45) is 0 Å². The molecule has 4 N–H and O–H groups in total. The fraction of sp³-hybridized carbons (Fsp3) is 0.400. The molecule has 6 aromatic rings. The number of fused-ring (bicyclic) bond motifs is 5. The van der Waals surface area contributed by atoms with Crippen LogP contribution in [0.15, 0.2) is 79.3 Å². The number of anilines is 2. The molecule has 13 heteroatoms. The normalized spacial score (nSPS) is 22.9. The van der Waals surface area contributed by atoms with Crippen LogP contribution < -0.4 is 16.0 Å². The average Bonchev–Trinajstić information content (AvgIpc) is 3.72. The summed E-state index contributed by atoms with van der Waals surface area (Å²) >= 11 is 0. The van der Waals surface area contributed by atoms with Crippen molar-refractivity contribution < 1.29 is 14.7 Å². The van der Waals surface area contributed by atoms with Crippen LogP contribution in [0.1, 0.15) is 92.4 Å². The number of rotatable bonds is 9. The smallest absolute Gasteiger partial charge is 0.249 e. The number of nitrogen functional groups attached to an aromatic ring is 1. The van der Waals surface area contributed by atoms with Crippen molar-refractivity contribution in [2.45, 2.75) is 94.2 Å². The van der Waals surface area contributed by atoms with Crippen LogP contribution in [-0.4, -0.2) is 83.3 Å². The molecule has 4 fully saturated rings. The number of benzene rings is 2. The van der Waals surface area contributed by atoms with E-state index >= 15 is 0 Å². The van der Waals surface area contributed by atoms with Crippen molar-refractivity contribution in [2.75, 3.05) is 30.3 Å². The molecule has 2 bridgehead atoms. The summed E-state index contributed by atoms with van der Waals surface area (Å²) in [6.07, 6.45) is 15.0. The lowest BCUT2D eigenvalue weighted by molar-refractivity contribution is -0.135. The maximum Gasteiger partial charge on any atom is 0.249 e. The van der Waals surface area contributed by atoms with Crippen molar-refractivity contribution >= 4 is 45.5 Å². The van der Waals surface area contributed by atoms with E-state index in [-0.39, 0.29) is 23.5 Å². The predicted octanol–water partition coefficient (Wildman–Crippen LogP) is 6.43. The van der Waals surface area contributed by atoms with Crippen LogP contribution in [0.4, 0.5) is 11.8 Å². The fourth-order valence-electron chi connectivity index (χ4n) is 10.4. The standard InChI is InChI=1S/C45H48N10O3/c46-42-35(24-36(51-52-42)33-7-2-4-10-39(33)56)29-22-31-11-12-32(23-29)54(31)45-48-25-30(26-49-45)27-16-20-53(21-17-27)19-5-6-28-15-18-47-43-41(28)34-8-1-3-9-37(34)55(43)38-13-14-40(57)50-44(38)58/h1-4,7-10,15,18,24-27,29,31-32,38,56H,5-6,11-14,16-17,19-23H2,(H2,46,52)(H,50,57,58). The Kier molecular flexibility index (Phi) is 9.47. The molecule has 0 saturated carbocycles. The topological polar surface area (TPSA) is 168 Å². The molecular weight excluding hydrogens is 729 g/mol. The van der Waals surface area contributed by atoms with E-state index in [4.69, 9.17) is 20.7 Å². The maximum absolute atomic E-state index is 12.9. The summed E-state index contributed by atoms with van der Waals surface area (Å²) in [6.45, 7) is 3.11. The highest BCUT2D eigenvalue weighted by molar-refractivity contribution is 6.10. The van der Waals surface area contributed by atoms with Gasteiger partial charge in [-0.05, 0) is 131 Å². The van der Waals surface area contributed by atoms with Crippen molar-refractivity contribution in [1.29, 1.82) is 0 Å². The summed E-state index contributed by atoms with van der Waals surface area (Å²) in [5.74, 6) is 1.72. The Balaban J connectivity index is 0.755. The number of hydrogen-bond donors (Lipinski definition) is 3. The quantitative estimate of drug-likeness (QED) is 0.139. The zero-order valence-electron chi connectivity index (χ0n) is 32.5. The second kappa shape index (κ2) is 15.1. The average molecular weight is 777 g/mol. The van der Waals surface area contributed by atoms with Gasteiger partial charge in [-0.15, -0.1) is 10.2 Å². The molecule has 4 saturated heterocycles. The summed E-state index contributed by atoms with van der Waals surface area (Å²) in [4.78, 5) is 44.6. The van der Waals surface area contributed by atoms with Crippen LogP contribution in [0.2, 0.25) is 0 Å². The number of likely N-dealkylation sites (tertiary alicyclic amines) is 1. The van der Waals surface area contributed by atoms with Gasteiger partial charge in [0, 0.05) is 59.0 Å². The van der Waals surface area contributed by atoms with Gasteiger partial charge in [-0.2, -0.15) is 0 Å². The molecule has 4 aliphatic rings. The maximum atomic E-state index is 12.9. The van der Waals surface area contributed by atoms with E-state index in [1.807, 2.05) is 41.1 Å². The second-order valence-electron chi connectivity index (χ2n) is 16.6. The number of pyridine rings is 1. The number of phenolic OH excluding ortho intramolecular Hbond substituents is 1. The first-order chi connectivity index (χ1) is 28.4. The van der Waals surface area contributed by atoms with E-state index in [1.54, 1.807) is 12.1 Å². The number of para-hydroxylation sites is 2. The van der Waals surface area contributed by atoms with Gasteiger partial charge in [-0.25, -0.2) is 15.0 Å². The van der Waals surface area contributed by atoms with Gasteiger partial charge in [-0.1, -0.05) is 30.3 Å². The lowest BCUT2D eigenvalue weighted by Gasteiger charge is -2.39. The Labute approximate surface area is 336 Å². The summed E-state index contributed by atoms with van der Waals surface area (Å²) in [6, 6.07) is 19.8. The third-order valence-electron chi connectivity index (χ3n) is 13.3. The molecule has 2 amide bonds. The summed E-state index contributed by atoms with van der Waals surface area (Å²) in [5.41, 5.74) is 13.0. The predicted molar refractivity (Wildman–Crippen MR) is 222 cm³/mol. The third-order valence-corrected chi connectivity index (χ3v) is 13.3. The first-order valence-electron chi connectivity index (χ1n) is 20.8. The molecule has 3 unspecified atom stereocenters. The highest BCUT2D eigenvalue weighted by Gasteiger charge is 2.43. The van der Waals surface area contributed by atoms with E-state index in [9.17, 15) is 14.7 Å². The Morgan fingerprint density at radius 2 is 1.60 bits per heavy atom. The van der Waals surface area contributed by atoms with Gasteiger partial charge in [0.15, 0.2) is 0 Å². The van der Waals surface area contributed by atoms with Gasteiger partial charge in [0.1, 0.15) is 23.3 Å². The highest BCUT2D eigenvalue weighted by atomic mass is 16.3. The van der Waals surface area contributed by atoms with Gasteiger partial charge in [0.05, 0.1) is 11.2 Å². The third kappa shape index (κ3) is 6.60. The van der Waals surface area contributed by atoms with Crippen LogP contribution in [0.3, 0.4) is 0 Å². The zero-order valence-corrected chi connectivity index (χ0v) is 32.5.